The normalized spacial score (nSPS) is 14.2. The Morgan fingerprint density at radius 2 is 1.71 bits per heavy atom. The van der Waals surface area contributed by atoms with E-state index >= 15 is 0 Å². The summed E-state index contributed by atoms with van der Waals surface area (Å²) < 4.78 is 38.5. The maximum Gasteiger partial charge on any atom is 0.311 e. The van der Waals surface area contributed by atoms with Crippen LogP contribution in [0.3, 0.4) is 0 Å². The third-order valence-corrected chi connectivity index (χ3v) is 11.2. The molecular weight excluding hydrogens is 706 g/mol. The van der Waals surface area contributed by atoms with Crippen molar-refractivity contribution in [1.29, 1.82) is 0 Å². The van der Waals surface area contributed by atoms with Gasteiger partial charge in [-0.15, -0.1) is 0 Å². The Hall–Kier alpha value is -4.39. The maximum absolute atomic E-state index is 13.7. The van der Waals surface area contributed by atoms with Gasteiger partial charge in [0.25, 0.3) is 5.91 Å². The van der Waals surface area contributed by atoms with Gasteiger partial charge in [-0.1, -0.05) is 30.2 Å². The van der Waals surface area contributed by atoms with Crippen LogP contribution in [0.15, 0.2) is 66.7 Å². The number of halogens is 1. The predicted molar refractivity (Wildman–Crippen MR) is 201 cm³/mol. The summed E-state index contributed by atoms with van der Waals surface area (Å²) in [5.74, 6) is -3.09. The first-order chi connectivity index (χ1) is 25.0. The molecule has 0 bridgehead atoms. The highest BCUT2D eigenvalue weighted by Gasteiger charge is 2.30. The van der Waals surface area contributed by atoms with Gasteiger partial charge in [0.15, 0.2) is 9.84 Å². The van der Waals surface area contributed by atoms with Crippen molar-refractivity contribution in [2.75, 3.05) is 44.9 Å². The molecule has 0 aliphatic carbocycles. The molecule has 13 heteroatoms. The second kappa shape index (κ2) is 17.9. The van der Waals surface area contributed by atoms with E-state index in [1.165, 1.54) is 36.5 Å². The van der Waals surface area contributed by atoms with Crippen molar-refractivity contribution in [2.45, 2.75) is 57.9 Å². The van der Waals surface area contributed by atoms with Crippen molar-refractivity contribution in [3.05, 3.63) is 94.1 Å². The van der Waals surface area contributed by atoms with E-state index in [9.17, 15) is 27.9 Å². The number of carbonyl (C=O) groups is 3. The first-order valence-electron chi connectivity index (χ1n) is 17.6. The largest absolute Gasteiger partial charge is 0.497 e. The van der Waals surface area contributed by atoms with E-state index in [-0.39, 0.29) is 31.0 Å². The van der Waals surface area contributed by atoms with Gasteiger partial charge in [0, 0.05) is 34.8 Å². The molecule has 0 radical (unpaired) electrons. The summed E-state index contributed by atoms with van der Waals surface area (Å²) in [6.07, 6.45) is 4.22. The van der Waals surface area contributed by atoms with Crippen molar-refractivity contribution < 1.29 is 37.4 Å². The number of methoxy groups -OCH3 is 1. The van der Waals surface area contributed by atoms with Crippen LogP contribution in [0.2, 0.25) is 5.02 Å². The highest BCUT2D eigenvalue weighted by atomic mass is 35.5. The summed E-state index contributed by atoms with van der Waals surface area (Å²) in [6, 6.07) is 19.5. The highest BCUT2D eigenvalue weighted by Crippen LogP contribution is 2.37. The molecule has 1 aromatic heterocycles. The molecule has 1 unspecified atom stereocenters. The van der Waals surface area contributed by atoms with E-state index in [4.69, 9.17) is 21.1 Å². The molecule has 2 heterocycles. The minimum absolute atomic E-state index is 0.00153. The number of aromatic nitrogens is 1. The van der Waals surface area contributed by atoms with Crippen LogP contribution in [-0.2, 0) is 26.0 Å². The number of piperidine rings is 1. The van der Waals surface area contributed by atoms with Gasteiger partial charge in [0.1, 0.15) is 17.3 Å². The van der Waals surface area contributed by atoms with Crippen molar-refractivity contribution >= 4 is 50.1 Å². The topological polar surface area (TPSA) is 144 Å². The minimum atomic E-state index is -3.83. The van der Waals surface area contributed by atoms with Crippen LogP contribution >= 0.6 is 11.6 Å². The average Bonchev–Trinajstić information content (AvgIpc) is 3.40. The smallest absolute Gasteiger partial charge is 0.311 e. The Labute approximate surface area is 309 Å². The first kappa shape index (κ1) is 38.8. The van der Waals surface area contributed by atoms with E-state index < -0.39 is 33.4 Å². The standard InChI is InChI=1S/C39H46ClN3O8S/c1-27-37(34-24-31(50-2)16-17-35(34)43(27)38(45)29-12-14-30(40)15-13-29)33(39(46)47)11-7-22-52(48,49)26-36(44)41-18-8-21-51-32-10-6-9-28(23-32)25-42-19-4-3-5-20-42/h6,9-10,12-17,23-24,33H,3-5,7-8,11,18-22,25-26H2,1-2H3,(H,41,44)(H,46,47). The first-order valence-corrected chi connectivity index (χ1v) is 19.8. The highest BCUT2D eigenvalue weighted by molar-refractivity contribution is 7.92. The number of ether oxygens (including phenoxy) is 2. The molecule has 1 aliphatic heterocycles. The molecule has 52 heavy (non-hydrogen) atoms. The monoisotopic (exact) mass is 751 g/mol. The second-order valence-corrected chi connectivity index (χ2v) is 15.8. The Kier molecular flexibility index (Phi) is 13.4. The average molecular weight is 752 g/mol. The van der Waals surface area contributed by atoms with Crippen molar-refractivity contribution in [3.8, 4) is 11.5 Å². The number of carboxylic acid groups (broad SMARTS) is 1. The van der Waals surface area contributed by atoms with Crippen LogP contribution in [-0.4, -0.2) is 85.6 Å². The summed E-state index contributed by atoms with van der Waals surface area (Å²) in [5.41, 5.74) is 2.88. The number of rotatable bonds is 17. The lowest BCUT2D eigenvalue weighted by Gasteiger charge is -2.26. The molecule has 278 valence electrons. The third-order valence-electron chi connectivity index (χ3n) is 9.37. The van der Waals surface area contributed by atoms with Gasteiger partial charge in [-0.2, -0.15) is 0 Å². The number of carbonyl (C=O) groups excluding carboxylic acids is 2. The fourth-order valence-electron chi connectivity index (χ4n) is 6.79. The van der Waals surface area contributed by atoms with Crippen LogP contribution in [0.1, 0.15) is 71.6 Å². The van der Waals surface area contributed by atoms with E-state index in [0.717, 1.165) is 25.4 Å². The van der Waals surface area contributed by atoms with E-state index in [0.29, 0.717) is 51.5 Å². The van der Waals surface area contributed by atoms with Gasteiger partial charge in [0.2, 0.25) is 5.91 Å². The fourth-order valence-corrected chi connectivity index (χ4v) is 8.17. The molecule has 11 nitrogen and oxygen atoms in total. The van der Waals surface area contributed by atoms with Crippen molar-refractivity contribution in [1.82, 2.24) is 14.8 Å². The zero-order valence-electron chi connectivity index (χ0n) is 29.6. The van der Waals surface area contributed by atoms with E-state index in [1.807, 2.05) is 18.2 Å². The quantitative estimate of drug-likeness (QED) is 0.120. The van der Waals surface area contributed by atoms with Gasteiger partial charge in [-0.05, 0) is 118 Å². The Balaban J connectivity index is 1.14. The van der Waals surface area contributed by atoms with E-state index in [1.54, 1.807) is 49.4 Å². The van der Waals surface area contributed by atoms with Crippen LogP contribution in [0, 0.1) is 6.92 Å². The zero-order valence-corrected chi connectivity index (χ0v) is 31.2. The number of likely N-dealkylation sites (tertiary alicyclic amines) is 1. The number of sulfone groups is 1. The second-order valence-electron chi connectivity index (χ2n) is 13.2. The summed E-state index contributed by atoms with van der Waals surface area (Å²) in [5, 5.41) is 14.0. The lowest BCUT2D eigenvalue weighted by molar-refractivity contribution is -0.139. The number of aliphatic carboxylic acids is 1. The molecule has 1 aliphatic rings. The molecule has 0 spiro atoms. The number of benzene rings is 3. The lowest BCUT2D eigenvalue weighted by atomic mass is 9.92. The molecule has 1 atom stereocenters. The number of fused-ring (bicyclic) bond motifs is 1. The SMILES string of the molecule is COc1ccc2c(c1)c(C(CCCS(=O)(=O)CC(=O)NCCCOc1cccc(CN3CCCCC3)c1)C(=O)O)c(C)n2C(=O)c1ccc(Cl)cc1. The minimum Gasteiger partial charge on any atom is -0.497 e. The van der Waals surface area contributed by atoms with Gasteiger partial charge in [-0.3, -0.25) is 23.9 Å². The van der Waals surface area contributed by atoms with Crippen LogP contribution in [0.5, 0.6) is 11.5 Å². The Morgan fingerprint density at radius 1 is 0.962 bits per heavy atom. The molecule has 0 saturated carbocycles. The number of hydrogen-bond acceptors (Lipinski definition) is 8. The summed E-state index contributed by atoms with van der Waals surface area (Å²) in [6.45, 7) is 5.41. The maximum atomic E-state index is 13.7. The van der Waals surface area contributed by atoms with Gasteiger partial charge < -0.3 is 19.9 Å². The number of hydrogen-bond donors (Lipinski definition) is 2. The van der Waals surface area contributed by atoms with Gasteiger partial charge in [0.05, 0.1) is 30.9 Å². The zero-order chi connectivity index (χ0) is 37.3. The molecule has 5 rings (SSSR count). The molecule has 1 fully saturated rings. The van der Waals surface area contributed by atoms with Gasteiger partial charge >= 0.3 is 5.97 Å². The molecular formula is C39H46ClN3O8S. The third kappa shape index (κ3) is 10.1. The summed E-state index contributed by atoms with van der Waals surface area (Å²) in [7, 11) is -2.34. The number of nitrogens with zero attached hydrogens (tertiary/aromatic N) is 2. The lowest BCUT2D eigenvalue weighted by Crippen LogP contribution is -2.32. The van der Waals surface area contributed by atoms with Crippen LogP contribution < -0.4 is 14.8 Å². The summed E-state index contributed by atoms with van der Waals surface area (Å²) in [4.78, 5) is 41.3. The molecule has 1 amide bonds. The molecule has 3 aromatic carbocycles. The summed E-state index contributed by atoms with van der Waals surface area (Å²) >= 11 is 6.02. The van der Waals surface area contributed by atoms with Crippen LogP contribution in [0.4, 0.5) is 0 Å². The molecule has 4 aromatic rings. The number of nitrogens with one attached hydrogen (secondary N) is 1. The molecule has 1 saturated heterocycles. The molecule has 2 N–H and O–H groups in total. The van der Waals surface area contributed by atoms with Crippen molar-refractivity contribution in [2.24, 2.45) is 0 Å². The van der Waals surface area contributed by atoms with Crippen molar-refractivity contribution in [3.63, 3.8) is 0 Å². The fraction of sp³-hybridized carbons (Fsp3) is 0.410. The number of amides is 1. The number of carboxylic acids is 1. The van der Waals surface area contributed by atoms with E-state index in [2.05, 4.69) is 16.3 Å². The van der Waals surface area contributed by atoms with Crippen LogP contribution in [0.25, 0.3) is 10.9 Å². The predicted octanol–water partition coefficient (Wildman–Crippen LogP) is 6.23. The Bertz CT molecular complexity index is 1990. The van der Waals surface area contributed by atoms with Gasteiger partial charge in [-0.25, -0.2) is 8.42 Å². The Morgan fingerprint density at radius 3 is 2.42 bits per heavy atom.